The Morgan fingerprint density at radius 2 is 1.77 bits per heavy atom. The maximum atomic E-state index is 13.4. The van der Waals surface area contributed by atoms with Crippen molar-refractivity contribution >= 4 is 21.8 Å². The molecule has 0 aliphatic heterocycles. The van der Waals surface area contributed by atoms with Crippen molar-refractivity contribution in [3.63, 3.8) is 0 Å². The number of benzene rings is 1. The summed E-state index contributed by atoms with van der Waals surface area (Å²) in [6, 6.07) is 10.5. The second-order valence-corrected chi connectivity index (χ2v) is 7.43. The third-order valence-corrected chi connectivity index (χ3v) is 5.40. The average molecular weight is 409 g/mol. The third-order valence-electron chi connectivity index (χ3n) is 5.40. The number of aromatic amines is 2. The molecule has 6 aromatic rings. The number of nitrogens with one attached hydrogen (secondary N) is 2. The van der Waals surface area contributed by atoms with Crippen LogP contribution in [0.3, 0.4) is 0 Å². The number of fused-ring (bicyclic) bond motifs is 2. The molecule has 0 atom stereocenters. The van der Waals surface area contributed by atoms with Gasteiger partial charge in [0.15, 0.2) is 0 Å². The van der Waals surface area contributed by atoms with Gasteiger partial charge in [-0.15, -0.1) is 0 Å². The van der Waals surface area contributed by atoms with Gasteiger partial charge in [-0.1, -0.05) is 12.1 Å². The normalized spacial score (nSPS) is 11.5. The first-order valence-electron chi connectivity index (χ1n) is 9.72. The van der Waals surface area contributed by atoms with E-state index in [9.17, 15) is 4.39 Å². The first-order valence-corrected chi connectivity index (χ1v) is 9.72. The Balaban J connectivity index is 1.50. The number of halogens is 1. The van der Waals surface area contributed by atoms with Crippen LogP contribution in [-0.2, 0) is 7.05 Å². The van der Waals surface area contributed by atoms with Gasteiger partial charge >= 0.3 is 0 Å². The molecule has 0 aliphatic carbocycles. The monoisotopic (exact) mass is 409 g/mol. The molecule has 6 rings (SSSR count). The molecular formula is C23H16FN7. The molecule has 150 valence electrons. The zero-order chi connectivity index (χ0) is 20.9. The molecule has 5 aromatic heterocycles. The highest BCUT2D eigenvalue weighted by molar-refractivity contribution is 6.01. The van der Waals surface area contributed by atoms with E-state index in [0.717, 1.165) is 55.6 Å². The predicted molar refractivity (Wildman–Crippen MR) is 117 cm³/mol. The highest BCUT2D eigenvalue weighted by atomic mass is 19.1. The molecule has 0 radical (unpaired) electrons. The zero-order valence-electron chi connectivity index (χ0n) is 16.5. The lowest BCUT2D eigenvalue weighted by atomic mass is 10.0. The van der Waals surface area contributed by atoms with Crippen LogP contribution in [0.5, 0.6) is 0 Å². The summed E-state index contributed by atoms with van der Waals surface area (Å²) in [4.78, 5) is 12.3. The van der Waals surface area contributed by atoms with E-state index in [2.05, 4.69) is 36.3 Å². The Morgan fingerprint density at radius 1 is 0.903 bits per heavy atom. The van der Waals surface area contributed by atoms with Crippen molar-refractivity contribution in [2.45, 2.75) is 0 Å². The largest absolute Gasteiger partial charge is 0.352 e. The fourth-order valence-corrected chi connectivity index (χ4v) is 3.87. The standard InChI is InChI=1S/C23H16FN7/c1-31-12-14(8-27-31)19-7-17-22(11-26-19)29-30-23(17)20-6-16-18(9-25-10-21(16)28-20)13-2-4-15(24)5-3-13/h2-12,28H,1H3,(H,29,30). The topological polar surface area (TPSA) is 88.1 Å². The van der Waals surface area contributed by atoms with E-state index in [1.807, 2.05) is 19.3 Å². The molecule has 0 unspecified atom stereocenters. The summed E-state index contributed by atoms with van der Waals surface area (Å²) in [5.41, 5.74) is 6.99. The number of rotatable bonds is 3. The van der Waals surface area contributed by atoms with E-state index < -0.39 is 0 Å². The second-order valence-electron chi connectivity index (χ2n) is 7.43. The van der Waals surface area contributed by atoms with Gasteiger partial charge in [0.2, 0.25) is 0 Å². The molecule has 0 bridgehead atoms. The van der Waals surface area contributed by atoms with Crippen molar-refractivity contribution in [2.24, 2.45) is 7.05 Å². The highest BCUT2D eigenvalue weighted by Gasteiger charge is 2.15. The molecule has 0 fully saturated rings. The van der Waals surface area contributed by atoms with E-state index in [1.165, 1.54) is 12.1 Å². The van der Waals surface area contributed by atoms with Gasteiger partial charge in [0.1, 0.15) is 11.5 Å². The molecule has 1 aromatic carbocycles. The first kappa shape index (κ1) is 17.5. The zero-order valence-corrected chi connectivity index (χ0v) is 16.5. The van der Waals surface area contributed by atoms with Crippen LogP contribution in [-0.4, -0.2) is 34.9 Å². The molecule has 0 aliphatic rings. The molecule has 31 heavy (non-hydrogen) atoms. The molecule has 5 heterocycles. The first-order chi connectivity index (χ1) is 15.2. The maximum Gasteiger partial charge on any atom is 0.123 e. The van der Waals surface area contributed by atoms with Gasteiger partial charge in [0.25, 0.3) is 0 Å². The smallest absolute Gasteiger partial charge is 0.123 e. The van der Waals surface area contributed by atoms with Gasteiger partial charge in [-0.25, -0.2) is 4.39 Å². The molecule has 2 N–H and O–H groups in total. The Labute approximate surface area is 175 Å². The number of H-pyrrole nitrogens is 2. The van der Waals surface area contributed by atoms with Crippen molar-refractivity contribution in [3.8, 4) is 33.8 Å². The fourth-order valence-electron chi connectivity index (χ4n) is 3.87. The lowest BCUT2D eigenvalue weighted by molar-refractivity contribution is 0.628. The maximum absolute atomic E-state index is 13.4. The predicted octanol–water partition coefficient (Wildman–Crippen LogP) is 4.71. The lowest BCUT2D eigenvalue weighted by Crippen LogP contribution is -1.85. The van der Waals surface area contributed by atoms with Crippen LogP contribution >= 0.6 is 0 Å². The Bertz CT molecular complexity index is 1560. The van der Waals surface area contributed by atoms with Crippen LogP contribution in [0, 0.1) is 5.82 Å². The minimum absolute atomic E-state index is 0.264. The van der Waals surface area contributed by atoms with Crippen LogP contribution in [0.2, 0.25) is 0 Å². The van der Waals surface area contributed by atoms with Crippen molar-refractivity contribution < 1.29 is 4.39 Å². The summed E-state index contributed by atoms with van der Waals surface area (Å²) in [5, 5.41) is 13.8. The number of aromatic nitrogens is 7. The summed E-state index contributed by atoms with van der Waals surface area (Å²) in [7, 11) is 1.88. The van der Waals surface area contributed by atoms with Crippen LogP contribution in [0.1, 0.15) is 0 Å². The van der Waals surface area contributed by atoms with Crippen molar-refractivity contribution in [3.05, 3.63) is 73.2 Å². The lowest BCUT2D eigenvalue weighted by Gasteiger charge is -2.02. The number of aryl methyl sites for hydroxylation is 1. The van der Waals surface area contributed by atoms with Gasteiger partial charge in [0.05, 0.1) is 41.0 Å². The summed E-state index contributed by atoms with van der Waals surface area (Å²) in [6.45, 7) is 0. The SMILES string of the molecule is Cn1cc(-c2cc3c(-c4cc5c(-c6ccc(F)cc6)cncc5[nH]4)n[nH]c3cn2)cn1. The summed E-state index contributed by atoms with van der Waals surface area (Å²) in [5.74, 6) is -0.264. The molecule has 0 saturated heterocycles. The second kappa shape index (κ2) is 6.60. The van der Waals surface area contributed by atoms with Crippen molar-refractivity contribution in [1.82, 2.24) is 34.9 Å². The fraction of sp³-hybridized carbons (Fsp3) is 0.0435. The molecule has 7 nitrogen and oxygen atoms in total. The van der Waals surface area contributed by atoms with E-state index in [-0.39, 0.29) is 5.82 Å². The minimum Gasteiger partial charge on any atom is -0.352 e. The van der Waals surface area contributed by atoms with E-state index in [1.54, 1.807) is 41.6 Å². The molecular weight excluding hydrogens is 393 g/mol. The average Bonchev–Trinajstić information content (AvgIpc) is 3.51. The summed E-state index contributed by atoms with van der Waals surface area (Å²) in [6.07, 6.45) is 9.07. The third kappa shape index (κ3) is 2.88. The Morgan fingerprint density at radius 3 is 2.58 bits per heavy atom. The van der Waals surface area contributed by atoms with Gasteiger partial charge in [-0.05, 0) is 29.8 Å². The van der Waals surface area contributed by atoms with Crippen molar-refractivity contribution in [1.29, 1.82) is 0 Å². The summed E-state index contributed by atoms with van der Waals surface area (Å²) < 4.78 is 15.1. The summed E-state index contributed by atoms with van der Waals surface area (Å²) >= 11 is 0. The Kier molecular flexibility index (Phi) is 3.73. The number of pyridine rings is 2. The van der Waals surface area contributed by atoms with Gasteiger partial charge in [0, 0.05) is 41.3 Å². The number of hydrogen-bond donors (Lipinski definition) is 2. The Hall–Kier alpha value is -4.33. The molecule has 0 spiro atoms. The number of hydrogen-bond acceptors (Lipinski definition) is 4. The molecule has 0 amide bonds. The van der Waals surface area contributed by atoms with Crippen molar-refractivity contribution in [2.75, 3.05) is 0 Å². The van der Waals surface area contributed by atoms with Gasteiger partial charge in [-0.3, -0.25) is 19.7 Å². The minimum atomic E-state index is -0.264. The van der Waals surface area contributed by atoms with E-state index in [4.69, 9.17) is 0 Å². The van der Waals surface area contributed by atoms with Crippen LogP contribution in [0.4, 0.5) is 4.39 Å². The molecule has 0 saturated carbocycles. The van der Waals surface area contributed by atoms with Crippen LogP contribution in [0.15, 0.2) is 67.4 Å². The van der Waals surface area contributed by atoms with E-state index >= 15 is 0 Å². The van der Waals surface area contributed by atoms with Crippen LogP contribution < -0.4 is 0 Å². The number of nitrogens with zero attached hydrogens (tertiary/aromatic N) is 5. The molecule has 8 heteroatoms. The van der Waals surface area contributed by atoms with Gasteiger partial charge in [-0.2, -0.15) is 10.2 Å². The van der Waals surface area contributed by atoms with Gasteiger partial charge < -0.3 is 4.98 Å². The van der Waals surface area contributed by atoms with E-state index in [0.29, 0.717) is 0 Å². The highest BCUT2D eigenvalue weighted by Crippen LogP contribution is 2.34. The van der Waals surface area contributed by atoms with Crippen LogP contribution in [0.25, 0.3) is 55.6 Å². The quantitative estimate of drug-likeness (QED) is 0.443.